The highest BCUT2D eigenvalue weighted by molar-refractivity contribution is 9.10. The van der Waals surface area contributed by atoms with Gasteiger partial charge < -0.3 is 5.32 Å². The molecule has 1 aromatic rings. The molecule has 0 aliphatic heterocycles. The van der Waals surface area contributed by atoms with E-state index in [1.165, 1.54) is 46.4 Å². The molecule has 1 nitrogen and oxygen atoms in total. The van der Waals surface area contributed by atoms with Crippen molar-refractivity contribution in [2.24, 2.45) is 0 Å². The number of rotatable bonds is 7. The van der Waals surface area contributed by atoms with Crippen LogP contribution in [-0.2, 0) is 6.54 Å². The molecule has 0 heterocycles. The van der Waals surface area contributed by atoms with E-state index in [1.54, 1.807) is 0 Å². The van der Waals surface area contributed by atoms with E-state index in [2.05, 4.69) is 46.4 Å². The first kappa shape index (κ1) is 13.4. The van der Waals surface area contributed by atoms with Crippen molar-refractivity contribution in [2.45, 2.75) is 50.1 Å². The molecular formula is C14H20BrNS. The van der Waals surface area contributed by atoms with Crippen LogP contribution in [0.5, 0.6) is 0 Å². The molecule has 17 heavy (non-hydrogen) atoms. The van der Waals surface area contributed by atoms with E-state index >= 15 is 0 Å². The summed E-state index contributed by atoms with van der Waals surface area (Å²) in [6.45, 7) is 3.26. The van der Waals surface area contributed by atoms with Gasteiger partial charge in [0.25, 0.3) is 0 Å². The van der Waals surface area contributed by atoms with Gasteiger partial charge in [0.2, 0.25) is 0 Å². The lowest BCUT2D eigenvalue weighted by molar-refractivity contribution is 0.680. The number of unbranched alkanes of at least 4 members (excludes halogenated alkanes) is 1. The number of hydrogen-bond acceptors (Lipinski definition) is 2. The first-order valence-corrected chi connectivity index (χ1v) is 8.22. The molecule has 3 heteroatoms. The van der Waals surface area contributed by atoms with E-state index in [1.807, 2.05) is 11.8 Å². The van der Waals surface area contributed by atoms with Crippen molar-refractivity contribution in [3.63, 3.8) is 0 Å². The summed E-state index contributed by atoms with van der Waals surface area (Å²) in [5.74, 6) is 1.23. The van der Waals surface area contributed by atoms with E-state index in [4.69, 9.17) is 0 Å². The lowest BCUT2D eigenvalue weighted by Crippen LogP contribution is -2.15. The summed E-state index contributed by atoms with van der Waals surface area (Å²) >= 11 is 5.56. The normalized spacial score (nSPS) is 15.2. The van der Waals surface area contributed by atoms with Crippen molar-refractivity contribution in [2.75, 3.05) is 5.75 Å². The number of benzene rings is 1. The predicted octanol–water partition coefficient (Wildman–Crippen LogP) is 4.59. The van der Waals surface area contributed by atoms with Crippen LogP contribution in [0.1, 0.15) is 38.2 Å². The molecule has 1 saturated carbocycles. The highest BCUT2D eigenvalue weighted by Crippen LogP contribution is 2.28. The third-order valence-electron chi connectivity index (χ3n) is 2.94. The molecule has 1 N–H and O–H groups in total. The zero-order chi connectivity index (χ0) is 12.1. The zero-order valence-electron chi connectivity index (χ0n) is 10.3. The maximum absolute atomic E-state index is 3.60. The van der Waals surface area contributed by atoms with E-state index in [9.17, 15) is 0 Å². The molecule has 1 aliphatic rings. The van der Waals surface area contributed by atoms with Crippen LogP contribution in [0.3, 0.4) is 0 Å². The van der Waals surface area contributed by atoms with Crippen molar-refractivity contribution < 1.29 is 0 Å². The topological polar surface area (TPSA) is 12.0 Å². The SMILES string of the molecule is CCCCSc1ccc(Br)cc1CNC1CC1. The molecule has 94 valence electrons. The van der Waals surface area contributed by atoms with Crippen LogP contribution in [0.2, 0.25) is 0 Å². The Hall–Kier alpha value is 0.01000. The maximum atomic E-state index is 3.60. The van der Waals surface area contributed by atoms with Gasteiger partial charge in [-0.25, -0.2) is 0 Å². The van der Waals surface area contributed by atoms with Gasteiger partial charge in [-0.1, -0.05) is 29.3 Å². The standard InChI is InChI=1S/C14H20BrNS/c1-2-3-8-17-14-7-4-12(15)9-11(14)10-16-13-5-6-13/h4,7,9,13,16H,2-3,5-6,8,10H2,1H3. The Labute approximate surface area is 117 Å². The first-order valence-electron chi connectivity index (χ1n) is 6.44. The summed E-state index contributed by atoms with van der Waals surface area (Å²) in [5, 5.41) is 3.60. The second-order valence-corrected chi connectivity index (χ2v) is 6.66. The third-order valence-corrected chi connectivity index (χ3v) is 4.63. The Kier molecular flexibility index (Phi) is 5.39. The van der Waals surface area contributed by atoms with Crippen LogP contribution in [0.4, 0.5) is 0 Å². The summed E-state index contributed by atoms with van der Waals surface area (Å²) in [7, 11) is 0. The van der Waals surface area contributed by atoms with Gasteiger partial charge in [0.15, 0.2) is 0 Å². The second-order valence-electron chi connectivity index (χ2n) is 4.61. The molecule has 0 amide bonds. The fourth-order valence-electron chi connectivity index (χ4n) is 1.70. The molecular weight excluding hydrogens is 294 g/mol. The van der Waals surface area contributed by atoms with Crippen LogP contribution in [0, 0.1) is 0 Å². The van der Waals surface area contributed by atoms with E-state index in [0.29, 0.717) is 0 Å². The van der Waals surface area contributed by atoms with Crippen molar-refractivity contribution in [1.82, 2.24) is 5.32 Å². The minimum Gasteiger partial charge on any atom is -0.310 e. The number of halogens is 1. The molecule has 0 bridgehead atoms. The Morgan fingerprint density at radius 3 is 2.94 bits per heavy atom. The second kappa shape index (κ2) is 6.81. The summed E-state index contributed by atoms with van der Waals surface area (Å²) in [6.07, 6.45) is 5.29. The Morgan fingerprint density at radius 1 is 1.41 bits per heavy atom. The average Bonchev–Trinajstić information content (AvgIpc) is 3.13. The Bertz CT molecular complexity index is 363. The number of hydrogen-bond donors (Lipinski definition) is 1. The van der Waals surface area contributed by atoms with Crippen LogP contribution in [-0.4, -0.2) is 11.8 Å². The molecule has 1 aliphatic carbocycles. The molecule has 2 rings (SSSR count). The molecule has 0 saturated heterocycles. The van der Waals surface area contributed by atoms with Gasteiger partial charge >= 0.3 is 0 Å². The molecule has 0 spiro atoms. The van der Waals surface area contributed by atoms with Crippen LogP contribution >= 0.6 is 27.7 Å². The summed E-state index contributed by atoms with van der Waals surface area (Å²) in [4.78, 5) is 1.44. The molecule has 0 aromatic heterocycles. The van der Waals surface area contributed by atoms with Gasteiger partial charge in [0.05, 0.1) is 0 Å². The fraction of sp³-hybridized carbons (Fsp3) is 0.571. The third kappa shape index (κ3) is 4.65. The summed E-state index contributed by atoms with van der Waals surface area (Å²) in [5.41, 5.74) is 1.44. The Morgan fingerprint density at radius 2 is 2.24 bits per heavy atom. The van der Waals surface area contributed by atoms with Crippen LogP contribution < -0.4 is 5.32 Å². The van der Waals surface area contributed by atoms with Gasteiger partial charge in [-0.05, 0) is 48.8 Å². The largest absolute Gasteiger partial charge is 0.310 e. The van der Waals surface area contributed by atoms with E-state index in [0.717, 1.165) is 12.6 Å². The molecule has 1 aromatic carbocycles. The summed E-state index contributed by atoms with van der Waals surface area (Å²) < 4.78 is 1.19. The van der Waals surface area contributed by atoms with Crippen LogP contribution in [0.15, 0.2) is 27.6 Å². The molecule has 0 atom stereocenters. The number of thioether (sulfide) groups is 1. The van der Waals surface area contributed by atoms with E-state index in [-0.39, 0.29) is 0 Å². The van der Waals surface area contributed by atoms with Crippen LogP contribution in [0.25, 0.3) is 0 Å². The summed E-state index contributed by atoms with van der Waals surface area (Å²) in [6, 6.07) is 7.43. The van der Waals surface area contributed by atoms with Gasteiger partial charge in [0.1, 0.15) is 0 Å². The van der Waals surface area contributed by atoms with Gasteiger partial charge in [0, 0.05) is 22.0 Å². The molecule has 0 radical (unpaired) electrons. The maximum Gasteiger partial charge on any atom is 0.0219 e. The Balaban J connectivity index is 1.95. The van der Waals surface area contributed by atoms with Crippen molar-refractivity contribution in [3.05, 3.63) is 28.2 Å². The van der Waals surface area contributed by atoms with Crippen molar-refractivity contribution in [3.8, 4) is 0 Å². The van der Waals surface area contributed by atoms with Gasteiger partial charge in [-0.15, -0.1) is 11.8 Å². The predicted molar refractivity (Wildman–Crippen MR) is 79.6 cm³/mol. The van der Waals surface area contributed by atoms with Crippen molar-refractivity contribution in [1.29, 1.82) is 0 Å². The minimum atomic E-state index is 0.780. The zero-order valence-corrected chi connectivity index (χ0v) is 12.7. The number of nitrogens with one attached hydrogen (secondary N) is 1. The fourth-order valence-corrected chi connectivity index (χ4v) is 3.24. The lowest BCUT2D eigenvalue weighted by Gasteiger charge is -2.10. The van der Waals surface area contributed by atoms with Gasteiger partial charge in [-0.2, -0.15) is 0 Å². The first-order chi connectivity index (χ1) is 8.29. The average molecular weight is 314 g/mol. The minimum absolute atomic E-state index is 0.780. The van der Waals surface area contributed by atoms with Crippen molar-refractivity contribution >= 4 is 27.7 Å². The van der Waals surface area contributed by atoms with E-state index < -0.39 is 0 Å². The highest BCUT2D eigenvalue weighted by Gasteiger charge is 2.20. The smallest absolute Gasteiger partial charge is 0.0219 e. The molecule has 1 fully saturated rings. The quantitative estimate of drug-likeness (QED) is 0.583. The lowest BCUT2D eigenvalue weighted by atomic mass is 10.2. The highest BCUT2D eigenvalue weighted by atomic mass is 79.9. The van der Waals surface area contributed by atoms with Gasteiger partial charge in [-0.3, -0.25) is 0 Å². The monoisotopic (exact) mass is 313 g/mol. The molecule has 0 unspecified atom stereocenters.